The summed E-state index contributed by atoms with van der Waals surface area (Å²) in [5.74, 6) is 1.44. The van der Waals surface area contributed by atoms with Crippen LogP contribution in [0.5, 0.6) is 0 Å². The molecule has 15 heteroatoms. The van der Waals surface area contributed by atoms with Gasteiger partial charge in [-0.1, -0.05) is 64.1 Å². The molecule has 60 heavy (non-hydrogen) atoms. The standard InChI is InChI=1S/C45H54N8O6S/c1-24(2)36(50-43(56)58-6)40(54)52-18-8-9-35(52)39-46-22-34(48-39)31-15-14-30(32-19-26(5)60-38(31)32)28-10-12-29(13-11-28)33-21-47-42(49-33)45-17-16-27(20-45)23-53(45)41(55)37(25(3)4)51-44(57)59-7/h10-15,19,21-22,24-25,27,35-37H,8-9,16-18,20,23H2,1-7H3,(H,46,48)(H,47,49)(H,50,56)(H,51,57). The minimum Gasteiger partial charge on any atom is -0.453 e. The number of nitrogens with zero attached hydrogens (tertiary/aromatic N) is 4. The molecule has 4 amide bonds. The van der Waals surface area contributed by atoms with Gasteiger partial charge in [-0.3, -0.25) is 9.59 Å². The number of carbonyl (C=O) groups excluding carboxylic acids is 4. The van der Waals surface area contributed by atoms with Crippen LogP contribution in [0.25, 0.3) is 43.7 Å². The van der Waals surface area contributed by atoms with Crippen molar-refractivity contribution in [3.63, 3.8) is 0 Å². The molecule has 2 aromatic carbocycles. The largest absolute Gasteiger partial charge is 0.453 e. The molecule has 5 aromatic rings. The maximum atomic E-state index is 14.0. The normalized spacial score (nSPS) is 20.9. The predicted octanol–water partition coefficient (Wildman–Crippen LogP) is 7.92. The Morgan fingerprint density at radius 2 is 1.48 bits per heavy atom. The molecule has 0 radical (unpaired) electrons. The Kier molecular flexibility index (Phi) is 11.2. The van der Waals surface area contributed by atoms with Crippen LogP contribution in [0, 0.1) is 24.7 Å². The predicted molar refractivity (Wildman–Crippen MR) is 230 cm³/mol. The number of alkyl carbamates (subject to hydrolysis) is 2. The van der Waals surface area contributed by atoms with Gasteiger partial charge in [-0.2, -0.15) is 0 Å². The van der Waals surface area contributed by atoms with Gasteiger partial charge in [0.05, 0.1) is 44.0 Å². The van der Waals surface area contributed by atoms with Crippen LogP contribution < -0.4 is 10.6 Å². The lowest BCUT2D eigenvalue weighted by atomic mass is 9.93. The molecule has 5 heterocycles. The van der Waals surface area contributed by atoms with Crippen LogP contribution in [-0.2, 0) is 24.6 Å². The highest BCUT2D eigenvalue weighted by Gasteiger charge is 2.56. The number of likely N-dealkylation sites (tertiary alicyclic amines) is 2. The summed E-state index contributed by atoms with van der Waals surface area (Å²) in [6.45, 7) is 11.0. The van der Waals surface area contributed by atoms with Crippen molar-refractivity contribution in [1.82, 2.24) is 40.4 Å². The Morgan fingerprint density at radius 3 is 2.15 bits per heavy atom. The average molecular weight is 835 g/mol. The second-order valence-electron chi connectivity index (χ2n) is 17.2. The summed E-state index contributed by atoms with van der Waals surface area (Å²) in [5.41, 5.74) is 5.47. The van der Waals surface area contributed by atoms with Gasteiger partial charge in [0.2, 0.25) is 11.8 Å². The first-order valence-corrected chi connectivity index (χ1v) is 21.7. The number of hydrogen-bond donors (Lipinski definition) is 4. The summed E-state index contributed by atoms with van der Waals surface area (Å²) < 4.78 is 10.8. The highest BCUT2D eigenvalue weighted by molar-refractivity contribution is 7.19. The number of imidazole rings is 2. The van der Waals surface area contributed by atoms with E-state index in [9.17, 15) is 19.2 Å². The van der Waals surface area contributed by atoms with Crippen molar-refractivity contribution >= 4 is 45.4 Å². The summed E-state index contributed by atoms with van der Waals surface area (Å²) in [5, 5.41) is 6.63. The molecule has 8 rings (SSSR count). The Morgan fingerprint density at radius 1 is 0.833 bits per heavy atom. The summed E-state index contributed by atoms with van der Waals surface area (Å²) in [6.07, 6.45) is 6.78. The Hall–Kier alpha value is -5.70. The van der Waals surface area contributed by atoms with Gasteiger partial charge in [0.15, 0.2) is 0 Å². The third-order valence-corrected chi connectivity index (χ3v) is 13.8. The van der Waals surface area contributed by atoms with Gasteiger partial charge < -0.3 is 39.9 Å². The molecule has 3 aromatic heterocycles. The number of thiophene rings is 1. The average Bonchev–Trinajstić information content (AvgIpc) is 4.10. The van der Waals surface area contributed by atoms with Crippen LogP contribution in [0.1, 0.15) is 82.4 Å². The third-order valence-electron chi connectivity index (χ3n) is 12.7. The monoisotopic (exact) mass is 834 g/mol. The van der Waals surface area contributed by atoms with Crippen LogP contribution >= 0.6 is 11.3 Å². The fourth-order valence-corrected chi connectivity index (χ4v) is 10.6. The third kappa shape index (κ3) is 7.41. The van der Waals surface area contributed by atoms with Crippen molar-refractivity contribution in [3.8, 4) is 33.6 Å². The number of ether oxygens (including phenoxy) is 2. The molecule has 5 atom stereocenters. The van der Waals surface area contributed by atoms with Gasteiger partial charge in [-0.05, 0) is 79.5 Å². The Balaban J connectivity index is 1.02. The molecule has 4 N–H and O–H groups in total. The Bertz CT molecular complexity index is 2420. The summed E-state index contributed by atoms with van der Waals surface area (Å²) in [7, 11) is 2.60. The zero-order valence-corrected chi connectivity index (χ0v) is 36.1. The molecular formula is C45H54N8O6S. The number of H-pyrrole nitrogens is 2. The topological polar surface area (TPSA) is 175 Å². The highest BCUT2D eigenvalue weighted by atomic mass is 32.1. The van der Waals surface area contributed by atoms with E-state index in [1.54, 1.807) is 11.3 Å². The summed E-state index contributed by atoms with van der Waals surface area (Å²) in [4.78, 5) is 73.7. The van der Waals surface area contributed by atoms with E-state index in [-0.39, 0.29) is 29.7 Å². The van der Waals surface area contributed by atoms with Crippen molar-refractivity contribution in [2.75, 3.05) is 27.3 Å². The maximum absolute atomic E-state index is 14.0. The first-order chi connectivity index (χ1) is 28.8. The van der Waals surface area contributed by atoms with Gasteiger partial charge >= 0.3 is 12.2 Å². The molecule has 316 valence electrons. The van der Waals surface area contributed by atoms with E-state index in [0.29, 0.717) is 19.0 Å². The second-order valence-corrected chi connectivity index (χ2v) is 18.4. The van der Waals surface area contributed by atoms with E-state index in [1.807, 2.05) is 49.9 Å². The molecule has 1 saturated carbocycles. The maximum Gasteiger partial charge on any atom is 0.407 e. The lowest BCUT2D eigenvalue weighted by molar-refractivity contribution is -0.140. The van der Waals surface area contributed by atoms with Crippen molar-refractivity contribution in [2.45, 2.75) is 90.4 Å². The van der Waals surface area contributed by atoms with Gasteiger partial charge in [-0.15, -0.1) is 11.3 Å². The van der Waals surface area contributed by atoms with Crippen LogP contribution in [0.4, 0.5) is 9.59 Å². The number of carbonyl (C=O) groups is 4. The minimum absolute atomic E-state index is 0.104. The fourth-order valence-electron chi connectivity index (χ4n) is 9.55. The first-order valence-electron chi connectivity index (χ1n) is 20.9. The van der Waals surface area contributed by atoms with E-state index in [2.05, 4.69) is 70.0 Å². The molecule has 2 aliphatic heterocycles. The molecule has 5 unspecified atom stereocenters. The number of rotatable bonds is 11. The lowest BCUT2D eigenvalue weighted by Crippen LogP contribution is -2.56. The molecular weight excluding hydrogens is 781 g/mol. The zero-order valence-electron chi connectivity index (χ0n) is 35.3. The molecule has 2 saturated heterocycles. The SMILES string of the molecule is COC(=O)NC(C(=O)N1CCCC1c1ncc(-c2ccc(-c3ccc(-c4cnc(C56CCC(CN5C(=O)C(NC(=O)OC)C(C)C)C6)[nH]4)cc3)c3cc(C)sc23)[nH]1)C(C)C. The number of aromatic nitrogens is 4. The molecule has 3 aliphatic rings. The number of aryl methyl sites for hydroxylation is 1. The van der Waals surface area contributed by atoms with E-state index < -0.39 is 29.8 Å². The molecule has 14 nitrogen and oxygen atoms in total. The van der Waals surface area contributed by atoms with Crippen LogP contribution in [0.15, 0.2) is 54.9 Å². The van der Waals surface area contributed by atoms with E-state index >= 15 is 0 Å². The highest BCUT2D eigenvalue weighted by Crippen LogP contribution is 2.52. The summed E-state index contributed by atoms with van der Waals surface area (Å²) >= 11 is 1.74. The van der Waals surface area contributed by atoms with Crippen LogP contribution in [-0.4, -0.2) is 93.1 Å². The van der Waals surface area contributed by atoms with E-state index in [0.717, 1.165) is 87.5 Å². The van der Waals surface area contributed by atoms with Crippen LogP contribution in [0.2, 0.25) is 0 Å². The number of methoxy groups -OCH3 is 2. The van der Waals surface area contributed by atoms with Crippen molar-refractivity contribution < 1.29 is 28.7 Å². The number of fused-ring (bicyclic) bond motifs is 3. The lowest BCUT2D eigenvalue weighted by Gasteiger charge is -2.40. The number of piperidine rings is 1. The van der Waals surface area contributed by atoms with Crippen molar-refractivity contribution in [1.29, 1.82) is 0 Å². The first kappa shape index (κ1) is 41.1. The smallest absolute Gasteiger partial charge is 0.407 e. The number of hydrogen-bond acceptors (Lipinski definition) is 9. The zero-order chi connectivity index (χ0) is 42.5. The van der Waals surface area contributed by atoms with E-state index in [4.69, 9.17) is 19.4 Å². The quantitative estimate of drug-likeness (QED) is 0.104. The second kappa shape index (κ2) is 16.4. The fraction of sp³-hybridized carbons (Fsp3) is 0.467. The Labute approximate surface area is 353 Å². The number of nitrogens with one attached hydrogen (secondary N) is 4. The molecule has 1 aliphatic carbocycles. The summed E-state index contributed by atoms with van der Waals surface area (Å²) in [6, 6.07) is 13.4. The van der Waals surface area contributed by atoms with Crippen molar-refractivity contribution in [3.05, 3.63) is 71.4 Å². The van der Waals surface area contributed by atoms with Gasteiger partial charge in [-0.25, -0.2) is 19.6 Å². The van der Waals surface area contributed by atoms with E-state index in [1.165, 1.54) is 19.1 Å². The minimum atomic E-state index is -0.698. The molecule has 0 spiro atoms. The van der Waals surface area contributed by atoms with Gasteiger partial charge in [0.25, 0.3) is 0 Å². The number of aromatic amines is 2. The van der Waals surface area contributed by atoms with Crippen LogP contribution in [0.3, 0.4) is 0 Å². The van der Waals surface area contributed by atoms with Crippen molar-refractivity contribution in [2.24, 2.45) is 17.8 Å². The van der Waals surface area contributed by atoms with Gasteiger partial charge in [0, 0.05) is 33.6 Å². The number of benzene rings is 2. The molecule has 3 fully saturated rings. The molecule has 2 bridgehead atoms. The number of amides is 4. The van der Waals surface area contributed by atoms with Gasteiger partial charge in [0.1, 0.15) is 29.3 Å².